The minimum Gasteiger partial charge on any atom is -0.366 e. The Labute approximate surface area is 247 Å². The summed E-state index contributed by atoms with van der Waals surface area (Å²) in [6.07, 6.45) is -4.18. The zero-order valence-corrected chi connectivity index (χ0v) is 23.4. The Morgan fingerprint density at radius 3 is 2.30 bits per heavy atom. The van der Waals surface area contributed by atoms with Crippen LogP contribution in [-0.2, 0) is 31.6 Å². The highest BCUT2D eigenvalue weighted by molar-refractivity contribution is 5.88. The van der Waals surface area contributed by atoms with Gasteiger partial charge < -0.3 is 9.47 Å². The molecular weight excluding hydrogens is 545 g/mol. The quantitative estimate of drug-likeness (QED) is 0.221. The number of anilines is 1. The molecule has 7 heteroatoms. The molecule has 1 aromatic heterocycles. The highest BCUT2D eigenvalue weighted by Gasteiger charge is 2.66. The third-order valence-corrected chi connectivity index (χ3v) is 9.55. The van der Waals surface area contributed by atoms with E-state index in [1.54, 1.807) is 6.07 Å². The summed E-state index contributed by atoms with van der Waals surface area (Å²) in [6, 6.07) is 35.7. The first-order valence-electron chi connectivity index (χ1n) is 14.2. The molecule has 0 saturated heterocycles. The number of fused-ring (bicyclic) bond motifs is 5. The fourth-order valence-corrected chi connectivity index (χ4v) is 7.69. The number of aryl methyl sites for hydroxylation is 1. The molecule has 1 aliphatic heterocycles. The first-order chi connectivity index (χ1) is 20.7. The topological polar surface area (TPSA) is 55.8 Å². The first kappa shape index (κ1) is 26.9. The van der Waals surface area contributed by atoms with Crippen LogP contribution in [0.25, 0.3) is 10.9 Å². The predicted molar refractivity (Wildman–Crippen MR) is 159 cm³/mol. The van der Waals surface area contributed by atoms with Gasteiger partial charge in [-0.25, -0.2) is 0 Å². The maximum Gasteiger partial charge on any atom is 0.416 e. The number of hydrogen-bond donors (Lipinski definition) is 0. The van der Waals surface area contributed by atoms with Crippen LogP contribution in [0.3, 0.4) is 0 Å². The number of para-hydroxylation sites is 2. The number of benzene rings is 4. The zero-order valence-electron chi connectivity index (χ0n) is 23.4. The van der Waals surface area contributed by atoms with Crippen molar-refractivity contribution in [3.05, 3.63) is 137 Å². The van der Waals surface area contributed by atoms with Gasteiger partial charge in [0, 0.05) is 54.8 Å². The Bertz CT molecular complexity index is 1950. The van der Waals surface area contributed by atoms with Gasteiger partial charge in [-0.3, -0.25) is 0 Å². The van der Waals surface area contributed by atoms with Gasteiger partial charge in [-0.05, 0) is 40.5 Å². The van der Waals surface area contributed by atoms with Crippen molar-refractivity contribution in [2.75, 3.05) is 11.4 Å². The van der Waals surface area contributed by atoms with Crippen LogP contribution >= 0.6 is 0 Å². The molecule has 1 aliphatic carbocycles. The lowest BCUT2D eigenvalue weighted by Gasteiger charge is -2.49. The number of aromatic nitrogens is 1. The Morgan fingerprint density at radius 2 is 1.56 bits per heavy atom. The summed E-state index contributed by atoms with van der Waals surface area (Å²) in [5.74, 6) is -0.926. The van der Waals surface area contributed by atoms with Crippen molar-refractivity contribution in [1.29, 1.82) is 10.5 Å². The molecular formula is C36H27F3N4. The van der Waals surface area contributed by atoms with Gasteiger partial charge in [0.1, 0.15) is 0 Å². The van der Waals surface area contributed by atoms with Gasteiger partial charge >= 0.3 is 6.18 Å². The first-order valence-corrected chi connectivity index (χ1v) is 14.2. The Morgan fingerprint density at radius 1 is 0.860 bits per heavy atom. The summed E-state index contributed by atoms with van der Waals surface area (Å²) in [6.45, 7) is 0.946. The monoisotopic (exact) mass is 572 g/mol. The molecule has 4 aromatic carbocycles. The minimum absolute atomic E-state index is 0.314. The van der Waals surface area contributed by atoms with E-state index in [-0.39, 0.29) is 0 Å². The predicted octanol–water partition coefficient (Wildman–Crippen LogP) is 7.88. The number of alkyl halides is 3. The maximum atomic E-state index is 14.1. The molecule has 2 aliphatic rings. The van der Waals surface area contributed by atoms with E-state index in [2.05, 4.69) is 21.6 Å². The zero-order chi connectivity index (χ0) is 30.0. The summed E-state index contributed by atoms with van der Waals surface area (Å²) < 4.78 is 44.3. The van der Waals surface area contributed by atoms with E-state index in [0.29, 0.717) is 25.1 Å². The van der Waals surface area contributed by atoms with Gasteiger partial charge in [0.2, 0.25) is 0 Å². The summed E-state index contributed by atoms with van der Waals surface area (Å²) in [4.78, 5) is 2.21. The molecule has 7 rings (SSSR count). The number of hydrogen-bond acceptors (Lipinski definition) is 3. The average Bonchev–Trinajstić information content (AvgIpc) is 3.48. The van der Waals surface area contributed by atoms with Crippen molar-refractivity contribution in [1.82, 2.24) is 4.57 Å². The lowest BCUT2D eigenvalue weighted by molar-refractivity contribution is -0.137. The second kappa shape index (κ2) is 9.51. The smallest absolute Gasteiger partial charge is 0.366 e. The summed E-state index contributed by atoms with van der Waals surface area (Å²) >= 11 is 0. The molecule has 2 unspecified atom stereocenters. The van der Waals surface area contributed by atoms with E-state index in [9.17, 15) is 23.7 Å². The molecule has 0 N–H and O–H groups in total. The van der Waals surface area contributed by atoms with E-state index in [0.717, 1.165) is 51.1 Å². The molecule has 0 amide bonds. The Kier molecular flexibility index (Phi) is 5.94. The summed E-state index contributed by atoms with van der Waals surface area (Å²) in [5, 5.41) is 23.3. The SMILES string of the molecule is Cn1c2c(c3ccccc31)C(c1cccc(C(F)(F)F)c1)C(C#N)(C#N)C1(C2)CN(Cc2ccccc2)c2ccccc21. The Hall–Kier alpha value is -5.01. The molecule has 212 valence electrons. The van der Waals surface area contributed by atoms with Crippen LogP contribution in [0.5, 0.6) is 0 Å². The molecule has 43 heavy (non-hydrogen) atoms. The molecule has 5 aromatic rings. The number of rotatable bonds is 3. The van der Waals surface area contributed by atoms with E-state index in [4.69, 9.17) is 0 Å². The van der Waals surface area contributed by atoms with Crippen molar-refractivity contribution in [3.63, 3.8) is 0 Å². The van der Waals surface area contributed by atoms with Gasteiger partial charge in [0.25, 0.3) is 0 Å². The number of halogens is 3. The largest absolute Gasteiger partial charge is 0.416 e. The van der Waals surface area contributed by atoms with Crippen LogP contribution in [0.4, 0.5) is 18.9 Å². The minimum atomic E-state index is -4.57. The van der Waals surface area contributed by atoms with Crippen LogP contribution < -0.4 is 4.90 Å². The standard InChI is InChI=1S/C36H27F3N4/c1-42-29-16-7-5-14-27(29)32-31(42)19-34(23-43(20-24-10-3-2-4-11-24)30-17-8-6-15-28(30)34)35(21-40,22-41)33(32)25-12-9-13-26(18-25)36(37,38)39/h2-18,33H,19-20,23H2,1H3. The van der Waals surface area contributed by atoms with E-state index in [1.807, 2.05) is 85.9 Å². The van der Waals surface area contributed by atoms with Gasteiger partial charge in [0.15, 0.2) is 5.41 Å². The normalized spacial score (nSPS) is 20.4. The molecule has 4 nitrogen and oxygen atoms in total. The van der Waals surface area contributed by atoms with Gasteiger partial charge in [-0.15, -0.1) is 0 Å². The number of nitriles is 2. The van der Waals surface area contributed by atoms with Crippen LogP contribution in [0.1, 0.15) is 39.4 Å². The van der Waals surface area contributed by atoms with Crippen LogP contribution in [0, 0.1) is 28.1 Å². The van der Waals surface area contributed by atoms with Crippen LogP contribution in [-0.4, -0.2) is 11.1 Å². The Balaban J connectivity index is 1.54. The van der Waals surface area contributed by atoms with Crippen molar-refractivity contribution >= 4 is 16.6 Å². The van der Waals surface area contributed by atoms with E-state index < -0.39 is 28.5 Å². The third-order valence-electron chi connectivity index (χ3n) is 9.55. The molecule has 0 bridgehead atoms. The second-order valence-electron chi connectivity index (χ2n) is 11.6. The van der Waals surface area contributed by atoms with Crippen molar-refractivity contribution < 1.29 is 13.2 Å². The molecule has 0 radical (unpaired) electrons. The lowest BCUT2D eigenvalue weighted by atomic mass is 9.49. The fourth-order valence-electron chi connectivity index (χ4n) is 7.69. The molecule has 1 spiro atoms. The highest BCUT2D eigenvalue weighted by atomic mass is 19.4. The van der Waals surface area contributed by atoms with E-state index >= 15 is 0 Å². The van der Waals surface area contributed by atoms with Crippen molar-refractivity contribution in [2.45, 2.75) is 30.5 Å². The highest BCUT2D eigenvalue weighted by Crippen LogP contribution is 2.64. The maximum absolute atomic E-state index is 14.1. The second-order valence-corrected chi connectivity index (χ2v) is 11.6. The average molecular weight is 573 g/mol. The van der Waals surface area contributed by atoms with Crippen LogP contribution in [0.15, 0.2) is 103 Å². The third kappa shape index (κ3) is 3.74. The summed E-state index contributed by atoms with van der Waals surface area (Å²) in [7, 11) is 1.96. The van der Waals surface area contributed by atoms with Gasteiger partial charge in [-0.1, -0.05) is 84.9 Å². The molecule has 0 fully saturated rings. The molecule has 2 atom stereocenters. The molecule has 2 heterocycles. The van der Waals surface area contributed by atoms with Crippen molar-refractivity contribution in [3.8, 4) is 12.1 Å². The molecule has 0 saturated carbocycles. The summed E-state index contributed by atoms with van der Waals surface area (Å²) in [5.41, 5.74) is 2.29. The van der Waals surface area contributed by atoms with Gasteiger partial charge in [-0.2, -0.15) is 23.7 Å². The van der Waals surface area contributed by atoms with E-state index in [1.165, 1.54) is 6.07 Å². The van der Waals surface area contributed by atoms with Crippen LogP contribution in [0.2, 0.25) is 0 Å². The van der Waals surface area contributed by atoms with Gasteiger partial charge in [0.05, 0.1) is 23.1 Å². The number of nitrogens with zero attached hydrogens (tertiary/aromatic N) is 4. The fraction of sp³-hybridized carbons (Fsp3) is 0.222. The lowest BCUT2D eigenvalue weighted by Crippen LogP contribution is -2.55. The van der Waals surface area contributed by atoms with Crippen molar-refractivity contribution in [2.24, 2.45) is 12.5 Å².